The number of para-hydroxylation sites is 1. The minimum Gasteiger partial charge on any atom is -0.304 e. The molecule has 0 saturated heterocycles. The number of aryl methyl sites for hydroxylation is 1. The van der Waals surface area contributed by atoms with Crippen LogP contribution < -0.4 is 10.5 Å². The van der Waals surface area contributed by atoms with E-state index in [0.717, 1.165) is 35.2 Å². The van der Waals surface area contributed by atoms with Gasteiger partial charge < -0.3 is 4.90 Å². The second kappa shape index (κ2) is 7.38. The van der Waals surface area contributed by atoms with Gasteiger partial charge in [-0.3, -0.25) is 9.59 Å². The largest absolute Gasteiger partial charge is 0.304 e. The van der Waals surface area contributed by atoms with Crippen molar-refractivity contribution >= 4 is 11.6 Å². The van der Waals surface area contributed by atoms with E-state index in [9.17, 15) is 14.0 Å². The van der Waals surface area contributed by atoms with Gasteiger partial charge in [-0.1, -0.05) is 25.1 Å². The van der Waals surface area contributed by atoms with Crippen LogP contribution in [0.1, 0.15) is 35.8 Å². The zero-order chi connectivity index (χ0) is 19.7. The molecule has 1 aliphatic rings. The van der Waals surface area contributed by atoms with Gasteiger partial charge in [-0.2, -0.15) is 9.78 Å². The molecule has 2 aromatic carbocycles. The molecule has 28 heavy (non-hydrogen) atoms. The van der Waals surface area contributed by atoms with Crippen molar-refractivity contribution in [1.82, 2.24) is 9.78 Å². The number of hydrogen-bond donors (Lipinski definition) is 0. The molecule has 1 aromatic heterocycles. The van der Waals surface area contributed by atoms with Crippen molar-refractivity contribution in [2.45, 2.75) is 32.2 Å². The first-order valence-corrected chi connectivity index (χ1v) is 9.36. The average molecular weight is 377 g/mol. The lowest BCUT2D eigenvalue weighted by Gasteiger charge is -2.36. The second-order valence-electron chi connectivity index (χ2n) is 6.85. The van der Waals surface area contributed by atoms with E-state index in [2.05, 4.69) is 12.0 Å². The number of rotatable bonds is 3. The molecule has 0 fully saturated rings. The van der Waals surface area contributed by atoms with Gasteiger partial charge in [0, 0.05) is 17.8 Å². The molecule has 4 rings (SSSR count). The van der Waals surface area contributed by atoms with Gasteiger partial charge in [-0.25, -0.2) is 4.39 Å². The molecule has 1 amide bonds. The van der Waals surface area contributed by atoms with Crippen molar-refractivity contribution in [3.8, 4) is 5.69 Å². The summed E-state index contributed by atoms with van der Waals surface area (Å²) in [4.78, 5) is 27.4. The lowest BCUT2D eigenvalue weighted by atomic mass is 9.94. The van der Waals surface area contributed by atoms with Crippen LogP contribution in [0.3, 0.4) is 0 Å². The summed E-state index contributed by atoms with van der Waals surface area (Å²) in [5, 5.41) is 4.28. The fourth-order valence-corrected chi connectivity index (χ4v) is 3.68. The van der Waals surface area contributed by atoms with Crippen LogP contribution in [0.5, 0.6) is 0 Å². The number of anilines is 1. The van der Waals surface area contributed by atoms with Gasteiger partial charge in [0.15, 0.2) is 0 Å². The summed E-state index contributed by atoms with van der Waals surface area (Å²) in [5.41, 5.74) is 2.24. The van der Waals surface area contributed by atoms with Crippen molar-refractivity contribution in [2.24, 2.45) is 0 Å². The number of amides is 1. The van der Waals surface area contributed by atoms with E-state index in [-0.39, 0.29) is 23.2 Å². The molecule has 0 spiro atoms. The topological polar surface area (TPSA) is 55.2 Å². The minimum atomic E-state index is -0.403. The number of hydrogen-bond acceptors (Lipinski definition) is 3. The molecular weight excluding hydrogens is 357 g/mol. The van der Waals surface area contributed by atoms with Crippen molar-refractivity contribution in [3.05, 3.63) is 88.1 Å². The van der Waals surface area contributed by atoms with E-state index in [1.165, 1.54) is 36.4 Å². The summed E-state index contributed by atoms with van der Waals surface area (Å²) in [6.07, 6.45) is 2.65. The van der Waals surface area contributed by atoms with Crippen LogP contribution in [0.4, 0.5) is 10.1 Å². The first-order valence-electron chi connectivity index (χ1n) is 9.36. The maximum atomic E-state index is 13.4. The third kappa shape index (κ3) is 3.22. The molecule has 1 aliphatic heterocycles. The second-order valence-corrected chi connectivity index (χ2v) is 6.85. The fourth-order valence-electron chi connectivity index (χ4n) is 3.68. The van der Waals surface area contributed by atoms with Crippen molar-refractivity contribution < 1.29 is 9.18 Å². The highest BCUT2D eigenvalue weighted by atomic mass is 19.1. The van der Waals surface area contributed by atoms with Crippen molar-refractivity contribution in [3.63, 3.8) is 0 Å². The van der Waals surface area contributed by atoms with E-state index < -0.39 is 5.82 Å². The summed E-state index contributed by atoms with van der Waals surface area (Å²) in [5.74, 6) is -0.644. The predicted octanol–water partition coefficient (Wildman–Crippen LogP) is 3.74. The average Bonchev–Trinajstić information content (AvgIpc) is 2.73. The SMILES string of the molecule is CCC1CCc2ccccc2N1C(=O)c1ccc(=O)n(-c2ccc(F)cc2)n1. The molecule has 6 heteroatoms. The monoisotopic (exact) mass is 377 g/mol. The molecule has 0 saturated carbocycles. The van der Waals surface area contributed by atoms with Crippen molar-refractivity contribution in [2.75, 3.05) is 4.90 Å². The molecule has 1 unspecified atom stereocenters. The minimum absolute atomic E-state index is 0.0791. The third-order valence-corrected chi connectivity index (χ3v) is 5.14. The van der Waals surface area contributed by atoms with E-state index in [4.69, 9.17) is 0 Å². The Kier molecular flexibility index (Phi) is 4.77. The number of aromatic nitrogens is 2. The molecular formula is C22H20FN3O2. The Balaban J connectivity index is 1.77. The summed E-state index contributed by atoms with van der Waals surface area (Å²) >= 11 is 0. The predicted molar refractivity (Wildman–Crippen MR) is 105 cm³/mol. The zero-order valence-corrected chi connectivity index (χ0v) is 15.5. The van der Waals surface area contributed by atoms with Crippen LogP contribution in [0, 0.1) is 5.82 Å². The number of fused-ring (bicyclic) bond motifs is 1. The van der Waals surface area contributed by atoms with Gasteiger partial charge in [-0.05, 0) is 61.2 Å². The Morgan fingerprint density at radius 1 is 1.11 bits per heavy atom. The van der Waals surface area contributed by atoms with Gasteiger partial charge >= 0.3 is 0 Å². The summed E-state index contributed by atoms with van der Waals surface area (Å²) in [7, 11) is 0. The Bertz CT molecular complexity index is 1080. The van der Waals surface area contributed by atoms with Gasteiger partial charge in [0.25, 0.3) is 11.5 Å². The highest BCUT2D eigenvalue weighted by molar-refractivity contribution is 6.05. The number of nitrogens with zero attached hydrogens (tertiary/aromatic N) is 3. The highest BCUT2D eigenvalue weighted by Gasteiger charge is 2.31. The first kappa shape index (κ1) is 18.1. The third-order valence-electron chi connectivity index (χ3n) is 5.14. The normalized spacial score (nSPS) is 15.9. The first-order chi connectivity index (χ1) is 13.6. The molecule has 1 atom stereocenters. The summed E-state index contributed by atoms with van der Waals surface area (Å²) in [6.45, 7) is 2.06. The number of carbonyl (C=O) groups is 1. The van der Waals surface area contributed by atoms with E-state index in [0.29, 0.717) is 5.69 Å². The van der Waals surface area contributed by atoms with Crippen LogP contribution in [0.2, 0.25) is 0 Å². The molecule has 0 bridgehead atoms. The Morgan fingerprint density at radius 2 is 1.86 bits per heavy atom. The molecule has 3 aromatic rings. The molecule has 0 N–H and O–H groups in total. The smallest absolute Gasteiger partial charge is 0.278 e. The standard InChI is InChI=1S/C22H20FN3O2/c1-2-17-10-7-15-5-3-4-6-20(15)25(17)22(28)19-13-14-21(27)26(24-19)18-11-8-16(23)9-12-18/h3-6,8-9,11-14,17H,2,7,10H2,1H3. The van der Waals surface area contributed by atoms with Gasteiger partial charge in [0.05, 0.1) is 5.69 Å². The van der Waals surface area contributed by atoms with E-state index >= 15 is 0 Å². The van der Waals surface area contributed by atoms with Gasteiger partial charge in [-0.15, -0.1) is 0 Å². The van der Waals surface area contributed by atoms with Gasteiger partial charge in [0.2, 0.25) is 0 Å². The summed E-state index contributed by atoms with van der Waals surface area (Å²) < 4.78 is 14.3. The lowest BCUT2D eigenvalue weighted by molar-refractivity contribution is 0.0965. The maximum absolute atomic E-state index is 13.4. The Morgan fingerprint density at radius 3 is 2.61 bits per heavy atom. The Labute approximate surface area is 162 Å². The molecule has 0 aliphatic carbocycles. The lowest BCUT2D eigenvalue weighted by Crippen LogP contribution is -2.44. The Hall–Kier alpha value is -3.28. The fraction of sp³-hybridized carbons (Fsp3) is 0.227. The molecule has 2 heterocycles. The highest BCUT2D eigenvalue weighted by Crippen LogP contribution is 2.32. The molecule has 5 nitrogen and oxygen atoms in total. The maximum Gasteiger partial charge on any atom is 0.278 e. The van der Waals surface area contributed by atoms with Crippen LogP contribution in [-0.4, -0.2) is 21.7 Å². The molecule has 0 radical (unpaired) electrons. The number of benzene rings is 2. The van der Waals surface area contributed by atoms with Crippen LogP contribution in [-0.2, 0) is 6.42 Å². The van der Waals surface area contributed by atoms with E-state index in [1.54, 1.807) is 4.90 Å². The quantitative estimate of drug-likeness (QED) is 0.699. The van der Waals surface area contributed by atoms with Gasteiger partial charge in [0.1, 0.15) is 11.5 Å². The number of carbonyl (C=O) groups excluding carboxylic acids is 1. The molecule has 142 valence electrons. The van der Waals surface area contributed by atoms with E-state index in [1.807, 2.05) is 24.3 Å². The van der Waals surface area contributed by atoms with Crippen LogP contribution in [0.25, 0.3) is 5.69 Å². The number of halogens is 1. The van der Waals surface area contributed by atoms with Crippen LogP contribution >= 0.6 is 0 Å². The zero-order valence-electron chi connectivity index (χ0n) is 15.5. The summed E-state index contributed by atoms with van der Waals surface area (Å²) in [6, 6.07) is 16.2. The van der Waals surface area contributed by atoms with Crippen LogP contribution in [0.15, 0.2) is 65.5 Å². The van der Waals surface area contributed by atoms with Crippen molar-refractivity contribution in [1.29, 1.82) is 0 Å².